The van der Waals surface area contributed by atoms with Gasteiger partial charge in [0.2, 0.25) is 0 Å². The zero-order chi connectivity index (χ0) is 12.8. The highest BCUT2D eigenvalue weighted by molar-refractivity contribution is 5.85. The van der Waals surface area contributed by atoms with Crippen molar-refractivity contribution in [1.82, 2.24) is 5.32 Å². The second-order valence-electron chi connectivity index (χ2n) is 4.98. The average Bonchev–Trinajstić information content (AvgIpc) is 2.41. The highest BCUT2D eigenvalue weighted by Crippen LogP contribution is 2.28. The molecule has 2 rings (SSSR count). The van der Waals surface area contributed by atoms with Crippen molar-refractivity contribution in [2.24, 2.45) is 5.92 Å². The summed E-state index contributed by atoms with van der Waals surface area (Å²) in [5.74, 6) is 2.50. The minimum atomic E-state index is 0. The number of piperidine rings is 1. The van der Waals surface area contributed by atoms with E-state index in [4.69, 9.17) is 9.47 Å². The summed E-state index contributed by atoms with van der Waals surface area (Å²) < 4.78 is 11.2. The SMILES string of the molecule is COc1cc(C)ccc1OCCC1CCNCC1.Cl. The lowest BCUT2D eigenvalue weighted by atomic mass is 9.95. The van der Waals surface area contributed by atoms with Crippen molar-refractivity contribution >= 4 is 12.4 Å². The number of methoxy groups -OCH3 is 1. The topological polar surface area (TPSA) is 30.5 Å². The predicted molar refractivity (Wildman–Crippen MR) is 80.7 cm³/mol. The average molecular weight is 286 g/mol. The summed E-state index contributed by atoms with van der Waals surface area (Å²) in [6, 6.07) is 6.07. The zero-order valence-corrected chi connectivity index (χ0v) is 12.6. The number of rotatable bonds is 5. The van der Waals surface area contributed by atoms with Crippen LogP contribution < -0.4 is 14.8 Å². The Morgan fingerprint density at radius 3 is 2.63 bits per heavy atom. The molecule has 0 atom stereocenters. The van der Waals surface area contributed by atoms with Crippen LogP contribution in [-0.4, -0.2) is 26.8 Å². The molecule has 4 heteroatoms. The summed E-state index contributed by atoms with van der Waals surface area (Å²) >= 11 is 0. The molecule has 0 unspecified atom stereocenters. The van der Waals surface area contributed by atoms with Crippen LogP contribution in [0.2, 0.25) is 0 Å². The van der Waals surface area contributed by atoms with Gasteiger partial charge in [0.25, 0.3) is 0 Å². The lowest BCUT2D eigenvalue weighted by Gasteiger charge is -2.22. The fraction of sp³-hybridized carbons (Fsp3) is 0.600. The number of halogens is 1. The molecule has 0 spiro atoms. The zero-order valence-electron chi connectivity index (χ0n) is 11.8. The molecule has 0 bridgehead atoms. The maximum atomic E-state index is 5.84. The molecule has 0 saturated carbocycles. The molecule has 3 nitrogen and oxygen atoms in total. The lowest BCUT2D eigenvalue weighted by Crippen LogP contribution is -2.28. The molecule has 1 N–H and O–H groups in total. The smallest absolute Gasteiger partial charge is 0.161 e. The van der Waals surface area contributed by atoms with Crippen LogP contribution in [0.4, 0.5) is 0 Å². The van der Waals surface area contributed by atoms with E-state index in [0.717, 1.165) is 43.5 Å². The molecule has 0 radical (unpaired) electrons. The van der Waals surface area contributed by atoms with E-state index in [1.54, 1.807) is 7.11 Å². The molecule has 19 heavy (non-hydrogen) atoms. The van der Waals surface area contributed by atoms with Crippen LogP contribution in [-0.2, 0) is 0 Å². The Kier molecular flexibility index (Phi) is 7.03. The number of hydrogen-bond acceptors (Lipinski definition) is 3. The van der Waals surface area contributed by atoms with E-state index in [9.17, 15) is 0 Å². The molecule has 1 saturated heterocycles. The first-order valence-electron chi connectivity index (χ1n) is 6.78. The van der Waals surface area contributed by atoms with Crippen molar-refractivity contribution in [3.63, 3.8) is 0 Å². The molecule has 1 aromatic carbocycles. The largest absolute Gasteiger partial charge is 0.493 e. The van der Waals surface area contributed by atoms with Gasteiger partial charge in [0, 0.05) is 0 Å². The summed E-state index contributed by atoms with van der Waals surface area (Å²) in [5.41, 5.74) is 1.19. The van der Waals surface area contributed by atoms with Gasteiger partial charge in [-0.1, -0.05) is 6.07 Å². The first-order chi connectivity index (χ1) is 8.79. The van der Waals surface area contributed by atoms with Gasteiger partial charge in [-0.05, 0) is 62.9 Å². The van der Waals surface area contributed by atoms with Gasteiger partial charge < -0.3 is 14.8 Å². The van der Waals surface area contributed by atoms with Gasteiger partial charge in [-0.15, -0.1) is 12.4 Å². The minimum absolute atomic E-state index is 0. The second-order valence-corrected chi connectivity index (χ2v) is 4.98. The summed E-state index contributed by atoms with van der Waals surface area (Å²) in [7, 11) is 1.69. The third kappa shape index (κ3) is 4.92. The van der Waals surface area contributed by atoms with E-state index >= 15 is 0 Å². The highest BCUT2D eigenvalue weighted by Gasteiger charge is 2.13. The Balaban J connectivity index is 0.00000180. The monoisotopic (exact) mass is 285 g/mol. The van der Waals surface area contributed by atoms with Gasteiger partial charge in [0.15, 0.2) is 11.5 Å². The third-order valence-corrected chi connectivity index (χ3v) is 3.56. The lowest BCUT2D eigenvalue weighted by molar-refractivity contribution is 0.243. The summed E-state index contributed by atoms with van der Waals surface area (Å²) in [4.78, 5) is 0. The van der Waals surface area contributed by atoms with Crippen molar-refractivity contribution in [2.75, 3.05) is 26.8 Å². The van der Waals surface area contributed by atoms with Crippen LogP contribution in [0.3, 0.4) is 0 Å². The van der Waals surface area contributed by atoms with Crippen LogP contribution in [0.15, 0.2) is 18.2 Å². The summed E-state index contributed by atoms with van der Waals surface area (Å²) in [6.07, 6.45) is 3.68. The van der Waals surface area contributed by atoms with Crippen molar-refractivity contribution in [1.29, 1.82) is 0 Å². The van der Waals surface area contributed by atoms with E-state index in [1.165, 1.54) is 18.4 Å². The molecular weight excluding hydrogens is 262 g/mol. The van der Waals surface area contributed by atoms with Gasteiger partial charge in [-0.25, -0.2) is 0 Å². The summed E-state index contributed by atoms with van der Waals surface area (Å²) in [6.45, 7) is 5.14. The summed E-state index contributed by atoms with van der Waals surface area (Å²) in [5, 5.41) is 3.39. The van der Waals surface area contributed by atoms with Gasteiger partial charge in [-0.2, -0.15) is 0 Å². The fourth-order valence-electron chi connectivity index (χ4n) is 2.40. The van der Waals surface area contributed by atoms with Crippen LogP contribution >= 0.6 is 12.4 Å². The number of benzene rings is 1. The van der Waals surface area contributed by atoms with Gasteiger partial charge in [-0.3, -0.25) is 0 Å². The molecule has 0 aliphatic carbocycles. The van der Waals surface area contributed by atoms with Crippen LogP contribution in [0, 0.1) is 12.8 Å². The molecule has 0 aromatic heterocycles. The quantitative estimate of drug-likeness (QED) is 0.901. The Morgan fingerprint density at radius 1 is 1.21 bits per heavy atom. The number of aryl methyl sites for hydroxylation is 1. The van der Waals surface area contributed by atoms with Crippen molar-refractivity contribution in [3.8, 4) is 11.5 Å². The molecule has 1 aliphatic heterocycles. The van der Waals surface area contributed by atoms with Crippen molar-refractivity contribution in [3.05, 3.63) is 23.8 Å². The standard InChI is InChI=1S/C15H23NO2.ClH/c1-12-3-4-14(15(11-12)17-2)18-10-7-13-5-8-16-9-6-13;/h3-4,11,13,16H,5-10H2,1-2H3;1H. The van der Waals surface area contributed by atoms with E-state index in [0.29, 0.717) is 0 Å². The van der Waals surface area contributed by atoms with E-state index < -0.39 is 0 Å². The Bertz CT molecular complexity index is 378. The van der Waals surface area contributed by atoms with E-state index in [2.05, 4.69) is 18.3 Å². The first kappa shape index (κ1) is 16.1. The minimum Gasteiger partial charge on any atom is -0.493 e. The normalized spacial score (nSPS) is 15.7. The Labute approximate surface area is 122 Å². The van der Waals surface area contributed by atoms with Crippen LogP contribution in [0.25, 0.3) is 0 Å². The molecular formula is C15H24ClNO2. The van der Waals surface area contributed by atoms with Crippen LogP contribution in [0.1, 0.15) is 24.8 Å². The third-order valence-electron chi connectivity index (χ3n) is 3.56. The molecule has 1 fully saturated rings. The first-order valence-corrected chi connectivity index (χ1v) is 6.78. The number of ether oxygens (including phenoxy) is 2. The molecule has 1 aliphatic rings. The van der Waals surface area contributed by atoms with E-state index in [-0.39, 0.29) is 12.4 Å². The van der Waals surface area contributed by atoms with Crippen molar-refractivity contribution < 1.29 is 9.47 Å². The van der Waals surface area contributed by atoms with Crippen LogP contribution in [0.5, 0.6) is 11.5 Å². The number of nitrogens with one attached hydrogen (secondary N) is 1. The maximum absolute atomic E-state index is 5.84. The maximum Gasteiger partial charge on any atom is 0.161 e. The van der Waals surface area contributed by atoms with Gasteiger partial charge >= 0.3 is 0 Å². The molecule has 0 amide bonds. The van der Waals surface area contributed by atoms with E-state index in [1.807, 2.05) is 12.1 Å². The Morgan fingerprint density at radius 2 is 1.95 bits per heavy atom. The van der Waals surface area contributed by atoms with Gasteiger partial charge in [0.05, 0.1) is 13.7 Å². The molecule has 1 aromatic rings. The van der Waals surface area contributed by atoms with Gasteiger partial charge in [0.1, 0.15) is 0 Å². The molecule has 1 heterocycles. The highest BCUT2D eigenvalue weighted by atomic mass is 35.5. The number of hydrogen-bond donors (Lipinski definition) is 1. The second kappa shape index (κ2) is 8.28. The Hall–Kier alpha value is -0.930. The van der Waals surface area contributed by atoms with Crippen molar-refractivity contribution in [2.45, 2.75) is 26.2 Å². The molecule has 108 valence electrons. The predicted octanol–water partition coefficient (Wildman–Crippen LogP) is 3.19. The fourth-order valence-corrected chi connectivity index (χ4v) is 2.40.